The lowest BCUT2D eigenvalue weighted by atomic mass is 10.2. The number of nitro groups is 1. The van der Waals surface area contributed by atoms with Crippen LogP contribution in [-0.4, -0.2) is 30.8 Å². The second-order valence-corrected chi connectivity index (χ2v) is 3.22. The van der Waals surface area contributed by atoms with Crippen LogP contribution in [0.4, 0.5) is 10.5 Å². The number of nitrogens with zero attached hydrogens (tertiary/aromatic N) is 1. The van der Waals surface area contributed by atoms with Gasteiger partial charge in [0, 0.05) is 6.07 Å². The van der Waals surface area contributed by atoms with Crippen molar-refractivity contribution < 1.29 is 28.7 Å². The molecule has 0 amide bonds. The fraction of sp³-hybridized carbons (Fsp3) is 0.273. The summed E-state index contributed by atoms with van der Waals surface area (Å²) in [5, 5.41) is 10.8. The van der Waals surface area contributed by atoms with Crippen LogP contribution < -0.4 is 4.74 Å². The van der Waals surface area contributed by atoms with Gasteiger partial charge in [0.05, 0.1) is 24.2 Å². The number of carbonyl (C=O) groups excluding carboxylic acids is 2. The van der Waals surface area contributed by atoms with E-state index in [1.54, 1.807) is 6.92 Å². The lowest BCUT2D eigenvalue weighted by molar-refractivity contribution is -0.385. The largest absolute Gasteiger partial charge is 0.514 e. The van der Waals surface area contributed by atoms with Gasteiger partial charge in [0.25, 0.3) is 0 Å². The highest BCUT2D eigenvalue weighted by molar-refractivity contribution is 5.90. The summed E-state index contributed by atoms with van der Waals surface area (Å²) in [6, 6.07) is 3.33. The molecule has 0 aliphatic rings. The van der Waals surface area contributed by atoms with E-state index < -0.39 is 22.7 Å². The molecule has 8 heteroatoms. The summed E-state index contributed by atoms with van der Waals surface area (Å²) in [6.07, 6.45) is -1.06. The van der Waals surface area contributed by atoms with E-state index in [4.69, 9.17) is 0 Å². The standard InChI is InChI=1S/C11H11NO7/c1-3-18-11(14)19-9-5-4-7(10(13)17-2)6-8(9)12(15)16/h4-6H,3H2,1-2H3. The molecule has 0 aromatic heterocycles. The number of carbonyl (C=O) groups is 2. The maximum atomic E-state index is 11.2. The monoisotopic (exact) mass is 269 g/mol. The molecule has 0 spiro atoms. The predicted molar refractivity (Wildman–Crippen MR) is 62.1 cm³/mol. The van der Waals surface area contributed by atoms with E-state index in [9.17, 15) is 19.7 Å². The third kappa shape index (κ3) is 3.66. The lowest BCUT2D eigenvalue weighted by Gasteiger charge is -2.05. The van der Waals surface area contributed by atoms with Gasteiger partial charge in [-0.3, -0.25) is 10.1 Å². The van der Waals surface area contributed by atoms with E-state index in [0.717, 1.165) is 19.2 Å². The third-order valence-corrected chi connectivity index (χ3v) is 2.03. The van der Waals surface area contributed by atoms with Crippen molar-refractivity contribution in [3.8, 4) is 5.75 Å². The van der Waals surface area contributed by atoms with Crippen LogP contribution in [0.15, 0.2) is 18.2 Å². The first-order valence-electron chi connectivity index (χ1n) is 5.21. The molecule has 19 heavy (non-hydrogen) atoms. The van der Waals surface area contributed by atoms with E-state index in [1.807, 2.05) is 0 Å². The Kier molecular flexibility index (Phi) is 4.81. The van der Waals surface area contributed by atoms with Gasteiger partial charge in [0.2, 0.25) is 5.75 Å². The average molecular weight is 269 g/mol. The van der Waals surface area contributed by atoms with Crippen molar-refractivity contribution in [3.05, 3.63) is 33.9 Å². The highest BCUT2D eigenvalue weighted by Crippen LogP contribution is 2.28. The molecule has 1 aromatic carbocycles. The molecule has 8 nitrogen and oxygen atoms in total. The van der Waals surface area contributed by atoms with Gasteiger partial charge >= 0.3 is 17.8 Å². The highest BCUT2D eigenvalue weighted by Gasteiger charge is 2.21. The molecular weight excluding hydrogens is 258 g/mol. The fourth-order valence-corrected chi connectivity index (χ4v) is 1.23. The van der Waals surface area contributed by atoms with Crippen molar-refractivity contribution >= 4 is 17.8 Å². The van der Waals surface area contributed by atoms with Gasteiger partial charge in [0.15, 0.2) is 0 Å². The highest BCUT2D eigenvalue weighted by atomic mass is 16.7. The Bertz CT molecular complexity index is 512. The van der Waals surface area contributed by atoms with Crippen molar-refractivity contribution in [2.45, 2.75) is 6.92 Å². The summed E-state index contributed by atoms with van der Waals surface area (Å²) in [6.45, 7) is 1.64. The van der Waals surface area contributed by atoms with Crippen LogP contribution in [-0.2, 0) is 9.47 Å². The SMILES string of the molecule is CCOC(=O)Oc1ccc(C(=O)OC)cc1[N+](=O)[O-]. The van der Waals surface area contributed by atoms with Gasteiger partial charge in [-0.25, -0.2) is 9.59 Å². The molecule has 102 valence electrons. The van der Waals surface area contributed by atoms with E-state index >= 15 is 0 Å². The second kappa shape index (κ2) is 6.34. The van der Waals surface area contributed by atoms with E-state index in [0.29, 0.717) is 0 Å². The van der Waals surface area contributed by atoms with Gasteiger partial charge in [-0.05, 0) is 19.1 Å². The van der Waals surface area contributed by atoms with Crippen LogP contribution in [0.1, 0.15) is 17.3 Å². The Morgan fingerprint density at radius 1 is 1.37 bits per heavy atom. The minimum absolute atomic E-state index is 0.0228. The molecule has 0 unspecified atom stereocenters. The van der Waals surface area contributed by atoms with Crippen LogP contribution in [0.25, 0.3) is 0 Å². The topological polar surface area (TPSA) is 105 Å². The Balaban J connectivity index is 3.08. The van der Waals surface area contributed by atoms with Gasteiger partial charge in [-0.15, -0.1) is 0 Å². The van der Waals surface area contributed by atoms with Crippen molar-refractivity contribution in [1.29, 1.82) is 0 Å². The number of hydrogen-bond donors (Lipinski definition) is 0. The molecule has 0 N–H and O–H groups in total. The summed E-state index contributed by atoms with van der Waals surface area (Å²) in [5.74, 6) is -1.04. The normalized spacial score (nSPS) is 9.58. The predicted octanol–water partition coefficient (Wildman–Crippen LogP) is 1.92. The summed E-state index contributed by atoms with van der Waals surface area (Å²) in [4.78, 5) is 32.4. The summed E-state index contributed by atoms with van der Waals surface area (Å²) in [7, 11) is 1.15. The molecule has 0 bridgehead atoms. The molecule has 0 saturated heterocycles. The minimum atomic E-state index is -1.06. The maximum absolute atomic E-state index is 11.2. The smallest absolute Gasteiger partial charge is 0.465 e. The average Bonchev–Trinajstić information content (AvgIpc) is 2.38. The van der Waals surface area contributed by atoms with Crippen molar-refractivity contribution in [2.24, 2.45) is 0 Å². The van der Waals surface area contributed by atoms with Crippen molar-refractivity contribution in [3.63, 3.8) is 0 Å². The molecule has 0 atom stereocenters. The van der Waals surface area contributed by atoms with Crippen molar-refractivity contribution in [1.82, 2.24) is 0 Å². The van der Waals surface area contributed by atoms with Gasteiger partial charge < -0.3 is 14.2 Å². The van der Waals surface area contributed by atoms with Gasteiger partial charge in [0.1, 0.15) is 0 Å². The van der Waals surface area contributed by atoms with E-state index in [1.165, 1.54) is 6.07 Å². The Morgan fingerprint density at radius 3 is 2.58 bits per heavy atom. The number of methoxy groups -OCH3 is 1. The minimum Gasteiger partial charge on any atom is -0.465 e. The van der Waals surface area contributed by atoms with E-state index in [2.05, 4.69) is 14.2 Å². The molecular formula is C11H11NO7. The van der Waals surface area contributed by atoms with Gasteiger partial charge in [-0.1, -0.05) is 0 Å². The van der Waals surface area contributed by atoms with Gasteiger partial charge in [-0.2, -0.15) is 0 Å². The molecule has 0 radical (unpaired) electrons. The third-order valence-electron chi connectivity index (χ3n) is 2.03. The molecule has 1 rings (SSSR count). The van der Waals surface area contributed by atoms with Crippen LogP contribution in [0.3, 0.4) is 0 Å². The van der Waals surface area contributed by atoms with Crippen molar-refractivity contribution in [2.75, 3.05) is 13.7 Å². The number of benzene rings is 1. The zero-order valence-electron chi connectivity index (χ0n) is 10.2. The zero-order valence-corrected chi connectivity index (χ0v) is 10.2. The lowest BCUT2D eigenvalue weighted by Crippen LogP contribution is -2.11. The first-order valence-corrected chi connectivity index (χ1v) is 5.21. The molecule has 0 heterocycles. The molecule has 1 aromatic rings. The molecule has 0 saturated carbocycles. The number of ether oxygens (including phenoxy) is 3. The Hall–Kier alpha value is -2.64. The molecule has 0 fully saturated rings. The van der Waals surface area contributed by atoms with Crippen LogP contribution >= 0.6 is 0 Å². The maximum Gasteiger partial charge on any atom is 0.514 e. The molecule has 0 aliphatic carbocycles. The molecule has 0 aliphatic heterocycles. The summed E-state index contributed by atoms with van der Waals surface area (Å²) >= 11 is 0. The summed E-state index contributed by atoms with van der Waals surface area (Å²) < 4.78 is 13.6. The Labute approximate surface area is 108 Å². The fourth-order valence-electron chi connectivity index (χ4n) is 1.23. The van der Waals surface area contributed by atoms with Crippen LogP contribution in [0.2, 0.25) is 0 Å². The Morgan fingerprint density at radius 2 is 2.05 bits per heavy atom. The first-order chi connectivity index (χ1) is 8.99. The first kappa shape index (κ1) is 14.4. The summed E-state index contributed by atoms with van der Waals surface area (Å²) in [5.41, 5.74) is -0.554. The quantitative estimate of drug-likeness (QED) is 0.355. The number of nitro benzene ring substituents is 1. The second-order valence-electron chi connectivity index (χ2n) is 3.22. The van der Waals surface area contributed by atoms with Crippen LogP contribution in [0, 0.1) is 10.1 Å². The van der Waals surface area contributed by atoms with Crippen LogP contribution in [0.5, 0.6) is 5.75 Å². The number of esters is 1. The number of hydrogen-bond acceptors (Lipinski definition) is 7. The number of rotatable bonds is 4. The zero-order chi connectivity index (χ0) is 14.4. The van der Waals surface area contributed by atoms with E-state index in [-0.39, 0.29) is 17.9 Å².